The SMILES string of the molecule is O=[C-]O.[Ba+]. The zero-order valence-electron chi connectivity index (χ0n) is 2.06. The minimum absolute atomic E-state index is 0. The molecule has 0 saturated heterocycles. The molecule has 2 nitrogen and oxygen atoms in total. The van der Waals surface area contributed by atoms with E-state index in [4.69, 9.17) is 9.90 Å². The van der Waals surface area contributed by atoms with Crippen molar-refractivity contribution in [2.75, 3.05) is 0 Å². The second-order valence-corrected chi connectivity index (χ2v) is 0.0913. The summed E-state index contributed by atoms with van der Waals surface area (Å²) in [6, 6.07) is 0. The van der Waals surface area contributed by atoms with E-state index in [0.29, 0.717) is 6.47 Å². The maximum atomic E-state index is 8.24. The molecule has 0 aromatic carbocycles. The topological polar surface area (TPSA) is 37.3 Å². The summed E-state index contributed by atoms with van der Waals surface area (Å²) in [6.45, 7) is 0.500. The van der Waals surface area contributed by atoms with Crippen LogP contribution in [0.4, 0.5) is 0 Å². The zero-order chi connectivity index (χ0) is 2.71. The van der Waals surface area contributed by atoms with E-state index in [1.807, 2.05) is 0 Å². The summed E-state index contributed by atoms with van der Waals surface area (Å²) < 4.78 is 0. The monoisotopic (exact) mass is 183 g/mol. The first-order valence-electron chi connectivity index (χ1n) is 0.428. The van der Waals surface area contributed by atoms with Gasteiger partial charge in [0.15, 0.2) is 0 Å². The second kappa shape index (κ2) is 8.97. The Morgan fingerprint density at radius 1 is 1.75 bits per heavy atom. The van der Waals surface area contributed by atoms with Gasteiger partial charge in [0.2, 0.25) is 0 Å². The first-order valence-corrected chi connectivity index (χ1v) is 0.428. The number of aliphatic hydroxyl groups excluding tert-OH is 1. The fraction of sp³-hybridized carbons (Fsp3) is 0. The summed E-state index contributed by atoms with van der Waals surface area (Å²) >= 11 is 0. The summed E-state index contributed by atoms with van der Waals surface area (Å²) in [5.74, 6) is 0. The van der Waals surface area contributed by atoms with Gasteiger partial charge in [-0.05, 0) is 0 Å². The van der Waals surface area contributed by atoms with Crippen LogP contribution in [0.25, 0.3) is 0 Å². The number of hydrogen-bond donors (Lipinski definition) is 1. The van der Waals surface area contributed by atoms with Crippen LogP contribution in [0.5, 0.6) is 0 Å². The molecule has 0 unspecified atom stereocenters. The zero-order valence-corrected chi connectivity index (χ0v) is 6.50. The van der Waals surface area contributed by atoms with Gasteiger partial charge in [0.05, 0.1) is 0 Å². The molecule has 0 amide bonds. The van der Waals surface area contributed by atoms with Gasteiger partial charge >= 0.3 is 48.9 Å². The standard InChI is InChI=1S/CHO2.Ba/c2-1-3;/h(H,2,3);/q-1;+1. The van der Waals surface area contributed by atoms with Crippen molar-refractivity contribution in [2.45, 2.75) is 0 Å². The van der Waals surface area contributed by atoms with E-state index < -0.39 is 0 Å². The van der Waals surface area contributed by atoms with Crippen molar-refractivity contribution in [3.05, 3.63) is 0 Å². The normalized spacial score (nSPS) is 3.00. The molecule has 0 rings (SSSR count). The average Bonchev–Trinajstić information content (AvgIpc) is 0.918. The van der Waals surface area contributed by atoms with Crippen LogP contribution in [0, 0.1) is 0 Å². The Bertz CT molecular complexity index is 13.5. The predicted octanol–water partition coefficient (Wildman–Crippen LogP) is -0.769. The molecule has 0 aliphatic carbocycles. The molecule has 0 aromatic rings. The van der Waals surface area contributed by atoms with E-state index in [-0.39, 0.29) is 48.9 Å². The molecule has 3 heteroatoms. The van der Waals surface area contributed by atoms with Crippen molar-refractivity contribution in [1.82, 2.24) is 0 Å². The molecule has 1 N–H and O–H groups in total. The van der Waals surface area contributed by atoms with Crippen LogP contribution in [0.2, 0.25) is 0 Å². The van der Waals surface area contributed by atoms with Crippen molar-refractivity contribution < 1.29 is 9.90 Å². The molecule has 0 fully saturated rings. The van der Waals surface area contributed by atoms with Gasteiger partial charge in [0.25, 0.3) is 0 Å². The van der Waals surface area contributed by atoms with Crippen molar-refractivity contribution in [3.8, 4) is 0 Å². The predicted molar refractivity (Wildman–Crippen MR) is 14.1 cm³/mol. The van der Waals surface area contributed by atoms with E-state index in [1.54, 1.807) is 0 Å². The third kappa shape index (κ3) is 11.7. The fourth-order valence-corrected chi connectivity index (χ4v) is 0. The molecule has 1 radical (unpaired) electrons. The van der Waals surface area contributed by atoms with Crippen molar-refractivity contribution in [2.24, 2.45) is 0 Å². The minimum atomic E-state index is 0. The number of hydrogen-bond acceptors (Lipinski definition) is 1. The molecule has 0 heterocycles. The Labute approximate surface area is 64.3 Å². The quantitative estimate of drug-likeness (QED) is 0.395. The third-order valence-electron chi connectivity index (χ3n) is 0. The van der Waals surface area contributed by atoms with E-state index in [0.717, 1.165) is 0 Å². The molecular weight excluding hydrogens is 181 g/mol. The molecule has 0 aliphatic heterocycles. The van der Waals surface area contributed by atoms with Crippen LogP contribution in [0.15, 0.2) is 0 Å². The van der Waals surface area contributed by atoms with Gasteiger partial charge in [0.1, 0.15) is 0 Å². The molecule has 0 saturated carbocycles. The third-order valence-corrected chi connectivity index (χ3v) is 0. The van der Waals surface area contributed by atoms with Crippen LogP contribution >= 0.6 is 0 Å². The average molecular weight is 182 g/mol. The van der Waals surface area contributed by atoms with Gasteiger partial charge in [0, 0.05) is 0 Å². The van der Waals surface area contributed by atoms with Crippen LogP contribution in [0.3, 0.4) is 0 Å². The first-order chi connectivity index (χ1) is 1.41. The molecule has 0 aromatic heterocycles. The van der Waals surface area contributed by atoms with E-state index in [9.17, 15) is 0 Å². The smallest absolute Gasteiger partial charge is 0.665 e. The van der Waals surface area contributed by atoms with Gasteiger partial charge in [-0.15, -0.1) is 0 Å². The largest absolute Gasteiger partial charge is 1.00 e. The Morgan fingerprint density at radius 2 is 1.75 bits per heavy atom. The maximum Gasteiger partial charge on any atom is 1.00 e. The minimum Gasteiger partial charge on any atom is -0.665 e. The van der Waals surface area contributed by atoms with Crippen molar-refractivity contribution >= 4 is 55.4 Å². The molecule has 19 valence electrons. The van der Waals surface area contributed by atoms with Gasteiger partial charge < -0.3 is 9.90 Å². The van der Waals surface area contributed by atoms with Crippen LogP contribution in [0.1, 0.15) is 0 Å². The Hall–Kier alpha value is 1.04. The number of rotatable bonds is 0. The van der Waals surface area contributed by atoms with Crippen molar-refractivity contribution in [1.29, 1.82) is 0 Å². The molecule has 0 bridgehead atoms. The summed E-state index contributed by atoms with van der Waals surface area (Å²) in [6.07, 6.45) is 0. The fourth-order valence-electron chi connectivity index (χ4n) is 0. The van der Waals surface area contributed by atoms with E-state index in [2.05, 4.69) is 0 Å². The Morgan fingerprint density at radius 3 is 1.75 bits per heavy atom. The summed E-state index contributed by atoms with van der Waals surface area (Å²) in [5, 5.41) is 6.76. The van der Waals surface area contributed by atoms with E-state index in [1.165, 1.54) is 0 Å². The molecule has 0 atom stereocenters. The summed E-state index contributed by atoms with van der Waals surface area (Å²) in [4.78, 5) is 8.24. The maximum absolute atomic E-state index is 8.24. The van der Waals surface area contributed by atoms with Crippen LogP contribution in [-0.2, 0) is 4.79 Å². The van der Waals surface area contributed by atoms with Gasteiger partial charge in [-0.1, -0.05) is 6.47 Å². The van der Waals surface area contributed by atoms with Gasteiger partial charge in [-0.3, -0.25) is 0 Å². The Kier molecular flexibility index (Phi) is 20.0. The van der Waals surface area contributed by atoms with E-state index >= 15 is 0 Å². The van der Waals surface area contributed by atoms with Gasteiger partial charge in [-0.25, -0.2) is 0 Å². The molecule has 0 aliphatic rings. The van der Waals surface area contributed by atoms with Crippen LogP contribution < -0.4 is 0 Å². The van der Waals surface area contributed by atoms with Crippen molar-refractivity contribution in [3.63, 3.8) is 0 Å². The summed E-state index contributed by atoms with van der Waals surface area (Å²) in [7, 11) is 0. The summed E-state index contributed by atoms with van der Waals surface area (Å²) in [5.41, 5.74) is 0. The molecule has 0 spiro atoms. The Balaban J connectivity index is 0. The molecule has 4 heavy (non-hydrogen) atoms. The second-order valence-electron chi connectivity index (χ2n) is 0.0913. The molecular formula is CHBaO2. The van der Waals surface area contributed by atoms with Crippen LogP contribution in [-0.4, -0.2) is 60.5 Å². The first kappa shape index (κ1) is 8.90. The van der Waals surface area contributed by atoms with Gasteiger partial charge in [-0.2, -0.15) is 0 Å².